The van der Waals surface area contributed by atoms with E-state index in [9.17, 15) is 19.8 Å². The Hall–Kier alpha value is -3.22. The van der Waals surface area contributed by atoms with Crippen LogP contribution in [0.15, 0.2) is 24.3 Å². The van der Waals surface area contributed by atoms with Crippen LogP contribution in [0.5, 0.6) is 17.2 Å². The number of phenolic OH excluding ortho intramolecular Hbond substituents is 1. The topological polar surface area (TPSA) is 105 Å². The minimum absolute atomic E-state index is 0.105. The third-order valence-corrected chi connectivity index (χ3v) is 4.63. The number of aryl methyl sites for hydroxylation is 4. The molecule has 2 aromatic rings. The lowest BCUT2D eigenvalue weighted by Crippen LogP contribution is -2.44. The fraction of sp³-hybridized carbons (Fsp3) is 0.462. The normalized spacial score (nSPS) is 11.7. The standard InChI is InChI=1S/C24H31NO6.C2H6/c1-13-10-18(11-14(2)20(13)26)30-21-15(3)8-17(9-16(21)4)12-19(22(27)28)25-23(29)31-24(5,6)7;1-2/h8-11,19,26H,12H2,1-7H3,(H,25,29)(H,27,28);1-2H3. The van der Waals surface area contributed by atoms with Crippen molar-refractivity contribution in [2.45, 2.75) is 80.4 Å². The average Bonchev–Trinajstić information content (AvgIpc) is 2.68. The Morgan fingerprint density at radius 1 is 0.939 bits per heavy atom. The van der Waals surface area contributed by atoms with Gasteiger partial charge in [0.2, 0.25) is 0 Å². The monoisotopic (exact) mass is 459 g/mol. The molecule has 0 spiro atoms. The zero-order valence-corrected chi connectivity index (χ0v) is 21.1. The second kappa shape index (κ2) is 11.6. The number of carbonyl (C=O) groups is 2. The number of ether oxygens (including phenoxy) is 2. The molecular weight excluding hydrogens is 422 g/mol. The number of aromatic hydroxyl groups is 1. The van der Waals surface area contributed by atoms with Crippen LogP contribution in [-0.2, 0) is 16.0 Å². The van der Waals surface area contributed by atoms with Crippen molar-refractivity contribution in [3.05, 3.63) is 52.1 Å². The molecule has 0 radical (unpaired) electrons. The van der Waals surface area contributed by atoms with E-state index in [0.29, 0.717) is 11.5 Å². The highest BCUT2D eigenvalue weighted by Gasteiger charge is 2.24. The molecule has 0 aliphatic carbocycles. The van der Waals surface area contributed by atoms with Crippen LogP contribution in [0.3, 0.4) is 0 Å². The Bertz CT molecular complexity index is 945. The number of carbonyl (C=O) groups excluding carboxylic acids is 1. The Balaban J connectivity index is 0.00000265. The average molecular weight is 460 g/mol. The molecule has 0 bridgehead atoms. The molecule has 3 N–H and O–H groups in total. The lowest BCUT2D eigenvalue weighted by Gasteiger charge is -2.22. The van der Waals surface area contributed by atoms with Crippen LogP contribution in [-0.4, -0.2) is 33.9 Å². The van der Waals surface area contributed by atoms with Gasteiger partial charge in [0, 0.05) is 6.42 Å². The van der Waals surface area contributed by atoms with E-state index in [1.807, 2.05) is 53.7 Å². The molecule has 0 saturated carbocycles. The predicted molar refractivity (Wildman–Crippen MR) is 129 cm³/mol. The maximum atomic E-state index is 12.0. The van der Waals surface area contributed by atoms with Gasteiger partial charge in [0.1, 0.15) is 28.9 Å². The highest BCUT2D eigenvalue weighted by Crippen LogP contribution is 2.34. The summed E-state index contributed by atoms with van der Waals surface area (Å²) in [7, 11) is 0. The number of nitrogens with one attached hydrogen (secondary N) is 1. The van der Waals surface area contributed by atoms with Crippen molar-refractivity contribution in [1.82, 2.24) is 5.32 Å². The largest absolute Gasteiger partial charge is 0.507 e. The summed E-state index contributed by atoms with van der Waals surface area (Å²) in [6, 6.07) is 6.09. The molecule has 1 amide bonds. The van der Waals surface area contributed by atoms with Gasteiger partial charge in [-0.15, -0.1) is 0 Å². The second-order valence-corrected chi connectivity index (χ2v) is 8.81. The SMILES string of the molecule is CC.Cc1cc(Oc2c(C)cc(CC(NC(=O)OC(C)(C)C)C(=O)O)cc2C)cc(C)c1O. The van der Waals surface area contributed by atoms with Gasteiger partial charge in [-0.3, -0.25) is 0 Å². The van der Waals surface area contributed by atoms with Gasteiger partial charge in [-0.2, -0.15) is 0 Å². The number of hydrogen-bond acceptors (Lipinski definition) is 5. The van der Waals surface area contributed by atoms with Crippen molar-refractivity contribution >= 4 is 12.1 Å². The number of alkyl carbamates (subject to hydrolysis) is 1. The molecule has 0 saturated heterocycles. The van der Waals surface area contributed by atoms with Gasteiger partial charge in [-0.05, 0) is 88.4 Å². The molecule has 7 heteroatoms. The number of hydrogen-bond donors (Lipinski definition) is 3. The van der Waals surface area contributed by atoms with E-state index < -0.39 is 23.7 Å². The Kier molecular flexibility index (Phi) is 9.77. The van der Waals surface area contributed by atoms with Gasteiger partial charge >= 0.3 is 12.1 Å². The summed E-state index contributed by atoms with van der Waals surface area (Å²) in [6.45, 7) is 16.5. The smallest absolute Gasteiger partial charge is 0.408 e. The van der Waals surface area contributed by atoms with Crippen LogP contribution in [0.25, 0.3) is 0 Å². The van der Waals surface area contributed by atoms with Crippen molar-refractivity contribution < 1.29 is 29.3 Å². The summed E-state index contributed by atoms with van der Waals surface area (Å²) < 4.78 is 11.2. The minimum Gasteiger partial charge on any atom is -0.507 e. The lowest BCUT2D eigenvalue weighted by atomic mass is 10.00. The first-order valence-corrected chi connectivity index (χ1v) is 11.1. The first-order valence-electron chi connectivity index (χ1n) is 11.1. The van der Waals surface area contributed by atoms with Crippen LogP contribution in [0.4, 0.5) is 4.79 Å². The summed E-state index contributed by atoms with van der Waals surface area (Å²) in [5.74, 6) is 0.381. The van der Waals surface area contributed by atoms with Crippen LogP contribution >= 0.6 is 0 Å². The fourth-order valence-electron chi connectivity index (χ4n) is 3.30. The second-order valence-electron chi connectivity index (χ2n) is 8.81. The molecule has 1 unspecified atom stereocenters. The van der Waals surface area contributed by atoms with E-state index in [4.69, 9.17) is 9.47 Å². The number of rotatable bonds is 6. The van der Waals surface area contributed by atoms with Gasteiger partial charge in [0.25, 0.3) is 0 Å². The van der Waals surface area contributed by atoms with Crippen molar-refractivity contribution in [3.63, 3.8) is 0 Å². The number of carboxylic acid groups (broad SMARTS) is 1. The number of aliphatic carboxylic acids is 1. The highest BCUT2D eigenvalue weighted by molar-refractivity contribution is 5.80. The van der Waals surface area contributed by atoms with Crippen molar-refractivity contribution in [2.75, 3.05) is 0 Å². The van der Waals surface area contributed by atoms with Gasteiger partial charge in [0.15, 0.2) is 0 Å². The maximum absolute atomic E-state index is 12.0. The molecule has 33 heavy (non-hydrogen) atoms. The van der Waals surface area contributed by atoms with E-state index in [1.165, 1.54) is 0 Å². The first kappa shape index (κ1) is 27.8. The Morgan fingerprint density at radius 3 is 1.85 bits per heavy atom. The molecule has 2 rings (SSSR count). The predicted octanol–water partition coefficient (Wildman–Crippen LogP) is 5.96. The summed E-state index contributed by atoms with van der Waals surface area (Å²) in [5.41, 5.74) is 3.15. The number of benzene rings is 2. The van der Waals surface area contributed by atoms with E-state index in [1.54, 1.807) is 32.9 Å². The quantitative estimate of drug-likeness (QED) is 0.492. The van der Waals surface area contributed by atoms with E-state index in [-0.39, 0.29) is 12.2 Å². The number of amides is 1. The molecule has 0 aliphatic heterocycles. The molecule has 7 nitrogen and oxygen atoms in total. The van der Waals surface area contributed by atoms with Crippen LogP contribution < -0.4 is 10.1 Å². The fourth-order valence-corrected chi connectivity index (χ4v) is 3.30. The van der Waals surface area contributed by atoms with Crippen LogP contribution in [0, 0.1) is 27.7 Å². The van der Waals surface area contributed by atoms with Gasteiger partial charge in [0.05, 0.1) is 0 Å². The molecule has 0 heterocycles. The summed E-state index contributed by atoms with van der Waals surface area (Å²) >= 11 is 0. The minimum atomic E-state index is -1.14. The van der Waals surface area contributed by atoms with Gasteiger partial charge < -0.3 is 25.0 Å². The third kappa shape index (κ3) is 8.33. The van der Waals surface area contributed by atoms with Crippen molar-refractivity contribution in [2.24, 2.45) is 0 Å². The summed E-state index contributed by atoms with van der Waals surface area (Å²) in [5, 5.41) is 21.9. The zero-order chi connectivity index (χ0) is 25.5. The van der Waals surface area contributed by atoms with E-state index >= 15 is 0 Å². The maximum Gasteiger partial charge on any atom is 0.408 e. The van der Waals surface area contributed by atoms with Crippen molar-refractivity contribution in [3.8, 4) is 17.2 Å². The molecule has 0 aliphatic rings. The molecule has 182 valence electrons. The molecule has 2 aromatic carbocycles. The number of phenols is 1. The summed E-state index contributed by atoms with van der Waals surface area (Å²) in [4.78, 5) is 23.7. The van der Waals surface area contributed by atoms with E-state index in [0.717, 1.165) is 27.8 Å². The van der Waals surface area contributed by atoms with Gasteiger partial charge in [-0.1, -0.05) is 26.0 Å². The first-order chi connectivity index (χ1) is 15.3. The number of carboxylic acids is 1. The zero-order valence-electron chi connectivity index (χ0n) is 21.1. The Morgan fingerprint density at radius 2 is 1.42 bits per heavy atom. The lowest BCUT2D eigenvalue weighted by molar-refractivity contribution is -0.139. The van der Waals surface area contributed by atoms with Gasteiger partial charge in [-0.25, -0.2) is 9.59 Å². The molecule has 0 fully saturated rings. The molecular formula is C26H37NO6. The molecule has 0 aromatic heterocycles. The summed E-state index contributed by atoms with van der Waals surface area (Å²) in [6.07, 6.45) is -0.667. The van der Waals surface area contributed by atoms with Crippen molar-refractivity contribution in [1.29, 1.82) is 0 Å². The Labute approximate surface area is 196 Å². The molecule has 1 atom stereocenters. The van der Waals surface area contributed by atoms with Crippen LogP contribution in [0.1, 0.15) is 62.4 Å². The van der Waals surface area contributed by atoms with E-state index in [2.05, 4.69) is 5.32 Å². The van der Waals surface area contributed by atoms with Crippen LogP contribution in [0.2, 0.25) is 0 Å². The highest BCUT2D eigenvalue weighted by atomic mass is 16.6. The third-order valence-electron chi connectivity index (χ3n) is 4.63.